The number of fused-ring (bicyclic) bond motifs is 1. The molecule has 0 spiro atoms. The van der Waals surface area contributed by atoms with Crippen molar-refractivity contribution in [2.75, 3.05) is 5.75 Å². The van der Waals surface area contributed by atoms with Crippen LogP contribution in [0.1, 0.15) is 24.8 Å². The molecule has 3 nitrogen and oxygen atoms in total. The van der Waals surface area contributed by atoms with Crippen molar-refractivity contribution in [1.29, 1.82) is 0 Å². The Morgan fingerprint density at radius 3 is 2.80 bits per heavy atom. The maximum atomic E-state index is 12.3. The molecule has 1 heterocycles. The SMILES string of the molecule is O=C(O)CC1(CS(=O)Cc2csc3ccccc23)CC1. The van der Waals surface area contributed by atoms with Crippen LogP contribution in [0.5, 0.6) is 0 Å². The van der Waals surface area contributed by atoms with Gasteiger partial charge < -0.3 is 5.11 Å². The van der Waals surface area contributed by atoms with Crippen molar-refractivity contribution in [2.24, 2.45) is 5.41 Å². The molecular weight excluding hydrogens is 292 g/mol. The van der Waals surface area contributed by atoms with E-state index in [0.717, 1.165) is 18.4 Å². The summed E-state index contributed by atoms with van der Waals surface area (Å²) in [6, 6.07) is 8.13. The van der Waals surface area contributed by atoms with Crippen LogP contribution >= 0.6 is 11.3 Å². The number of carboxylic acids is 1. The molecule has 1 unspecified atom stereocenters. The smallest absolute Gasteiger partial charge is 0.303 e. The van der Waals surface area contributed by atoms with Gasteiger partial charge in [-0.15, -0.1) is 11.3 Å². The van der Waals surface area contributed by atoms with Gasteiger partial charge in [0.15, 0.2) is 0 Å². The molecule has 0 aliphatic heterocycles. The summed E-state index contributed by atoms with van der Waals surface area (Å²) in [7, 11) is -0.985. The lowest BCUT2D eigenvalue weighted by Gasteiger charge is -2.11. The predicted octanol–water partition coefficient (Wildman–Crippen LogP) is 3.40. The molecule has 3 rings (SSSR count). The van der Waals surface area contributed by atoms with E-state index in [2.05, 4.69) is 17.5 Å². The highest BCUT2D eigenvalue weighted by molar-refractivity contribution is 7.84. The van der Waals surface area contributed by atoms with Crippen molar-refractivity contribution in [3.8, 4) is 0 Å². The number of aliphatic carboxylic acids is 1. The highest BCUT2D eigenvalue weighted by atomic mass is 32.2. The van der Waals surface area contributed by atoms with Gasteiger partial charge in [-0.25, -0.2) is 0 Å². The summed E-state index contributed by atoms with van der Waals surface area (Å²) in [5, 5.41) is 12.1. The first-order valence-corrected chi connectivity index (χ1v) is 8.97. The van der Waals surface area contributed by atoms with Gasteiger partial charge in [-0.3, -0.25) is 9.00 Å². The quantitative estimate of drug-likeness (QED) is 0.890. The molecule has 1 N–H and O–H groups in total. The van der Waals surface area contributed by atoms with Gasteiger partial charge in [0.05, 0.1) is 6.42 Å². The van der Waals surface area contributed by atoms with Crippen molar-refractivity contribution in [3.05, 3.63) is 35.2 Å². The number of carboxylic acid groups (broad SMARTS) is 1. The highest BCUT2D eigenvalue weighted by Crippen LogP contribution is 2.49. The van der Waals surface area contributed by atoms with Crippen LogP contribution < -0.4 is 0 Å². The molecule has 0 bridgehead atoms. The minimum atomic E-state index is -0.985. The topological polar surface area (TPSA) is 54.4 Å². The summed E-state index contributed by atoms with van der Waals surface area (Å²) in [6.45, 7) is 0. The van der Waals surface area contributed by atoms with Gasteiger partial charge in [0, 0.05) is 27.0 Å². The molecule has 0 amide bonds. The van der Waals surface area contributed by atoms with E-state index < -0.39 is 16.8 Å². The summed E-state index contributed by atoms with van der Waals surface area (Å²) in [6.07, 6.45) is 1.95. The molecule has 1 saturated carbocycles. The minimum Gasteiger partial charge on any atom is -0.481 e. The predicted molar refractivity (Wildman–Crippen MR) is 82.5 cm³/mol. The average Bonchev–Trinajstić information content (AvgIpc) is 3.00. The van der Waals surface area contributed by atoms with E-state index in [9.17, 15) is 9.00 Å². The normalized spacial score (nSPS) is 18.0. The van der Waals surface area contributed by atoms with Gasteiger partial charge in [0.25, 0.3) is 0 Å². The van der Waals surface area contributed by atoms with Crippen LogP contribution in [0.4, 0.5) is 0 Å². The molecular formula is C15H16O3S2. The summed E-state index contributed by atoms with van der Waals surface area (Å²) < 4.78 is 13.5. The zero-order valence-corrected chi connectivity index (χ0v) is 12.6. The second-order valence-electron chi connectivity index (χ2n) is 5.56. The Hall–Kier alpha value is -1.20. The van der Waals surface area contributed by atoms with Crippen molar-refractivity contribution >= 4 is 38.2 Å². The van der Waals surface area contributed by atoms with E-state index in [1.54, 1.807) is 11.3 Å². The molecule has 1 aromatic carbocycles. The first-order valence-electron chi connectivity index (χ1n) is 6.60. The lowest BCUT2D eigenvalue weighted by molar-refractivity contribution is -0.138. The Kier molecular flexibility index (Phi) is 3.65. The number of benzene rings is 1. The van der Waals surface area contributed by atoms with E-state index in [1.807, 2.05) is 12.1 Å². The fraction of sp³-hybridized carbons (Fsp3) is 0.400. The van der Waals surface area contributed by atoms with Gasteiger partial charge in [-0.05, 0) is 40.7 Å². The Morgan fingerprint density at radius 1 is 1.35 bits per heavy atom. The van der Waals surface area contributed by atoms with Crippen molar-refractivity contribution in [2.45, 2.75) is 25.0 Å². The van der Waals surface area contributed by atoms with Crippen LogP contribution in [0.2, 0.25) is 0 Å². The third kappa shape index (κ3) is 2.94. The van der Waals surface area contributed by atoms with Gasteiger partial charge in [0.2, 0.25) is 0 Å². The average molecular weight is 308 g/mol. The number of rotatable bonds is 6. The molecule has 1 atom stereocenters. The summed E-state index contributed by atoms with van der Waals surface area (Å²) in [5.41, 5.74) is 0.928. The van der Waals surface area contributed by atoms with Gasteiger partial charge >= 0.3 is 5.97 Å². The molecule has 0 saturated heterocycles. The maximum absolute atomic E-state index is 12.3. The standard InChI is InChI=1S/C15H16O3S2/c16-14(17)7-15(5-6-15)10-20(18)9-11-8-19-13-4-2-1-3-12(11)13/h1-4,8H,5-7,9-10H2,(H,16,17). The summed E-state index contributed by atoms with van der Waals surface area (Å²) in [5.74, 6) is 0.273. The zero-order valence-electron chi connectivity index (χ0n) is 11.0. The van der Waals surface area contributed by atoms with Crippen LogP contribution in [0.15, 0.2) is 29.6 Å². The number of hydrogen-bond acceptors (Lipinski definition) is 3. The minimum absolute atomic E-state index is 0.156. The molecule has 1 aliphatic rings. The molecule has 20 heavy (non-hydrogen) atoms. The fourth-order valence-corrected chi connectivity index (χ4v) is 5.41. The second kappa shape index (κ2) is 5.30. The van der Waals surface area contributed by atoms with Crippen molar-refractivity contribution in [3.63, 3.8) is 0 Å². The Balaban J connectivity index is 1.69. The highest BCUT2D eigenvalue weighted by Gasteiger charge is 2.45. The van der Waals surface area contributed by atoms with E-state index in [1.165, 1.54) is 10.1 Å². The van der Waals surface area contributed by atoms with Crippen molar-refractivity contribution < 1.29 is 14.1 Å². The van der Waals surface area contributed by atoms with Crippen LogP contribution in [-0.4, -0.2) is 21.0 Å². The Bertz CT molecular complexity index is 671. The van der Waals surface area contributed by atoms with Crippen LogP contribution in [0, 0.1) is 5.41 Å². The van der Waals surface area contributed by atoms with Gasteiger partial charge in [-0.1, -0.05) is 18.2 Å². The molecule has 1 fully saturated rings. The van der Waals surface area contributed by atoms with E-state index in [0.29, 0.717) is 11.5 Å². The Morgan fingerprint density at radius 2 is 2.10 bits per heavy atom. The molecule has 5 heteroatoms. The Labute approximate surface area is 124 Å². The monoisotopic (exact) mass is 308 g/mol. The van der Waals surface area contributed by atoms with Crippen LogP contribution in [0.25, 0.3) is 10.1 Å². The molecule has 1 aromatic heterocycles. The number of carbonyl (C=O) groups is 1. The summed E-state index contributed by atoms with van der Waals surface area (Å²) in [4.78, 5) is 10.8. The second-order valence-corrected chi connectivity index (χ2v) is 7.92. The molecule has 0 radical (unpaired) electrons. The molecule has 106 valence electrons. The first kappa shape index (κ1) is 13.8. The van der Waals surface area contributed by atoms with Crippen LogP contribution in [0.3, 0.4) is 0 Å². The molecule has 1 aliphatic carbocycles. The zero-order chi connectivity index (χ0) is 14.2. The summed E-state index contributed by atoms with van der Waals surface area (Å²) >= 11 is 1.67. The fourth-order valence-electron chi connectivity index (χ4n) is 2.58. The third-order valence-electron chi connectivity index (χ3n) is 3.83. The van der Waals surface area contributed by atoms with Crippen LogP contribution in [-0.2, 0) is 21.3 Å². The van der Waals surface area contributed by atoms with E-state index in [4.69, 9.17) is 5.11 Å². The van der Waals surface area contributed by atoms with E-state index >= 15 is 0 Å². The first-order chi connectivity index (χ1) is 9.58. The lowest BCUT2D eigenvalue weighted by atomic mass is 10.1. The van der Waals surface area contributed by atoms with E-state index in [-0.39, 0.29) is 11.8 Å². The van der Waals surface area contributed by atoms with Gasteiger partial charge in [0.1, 0.15) is 0 Å². The lowest BCUT2D eigenvalue weighted by Crippen LogP contribution is -2.17. The number of hydrogen-bond donors (Lipinski definition) is 1. The largest absolute Gasteiger partial charge is 0.481 e. The van der Waals surface area contributed by atoms with Crippen molar-refractivity contribution in [1.82, 2.24) is 0 Å². The third-order valence-corrected chi connectivity index (χ3v) is 6.41. The molecule has 2 aromatic rings. The van der Waals surface area contributed by atoms with Gasteiger partial charge in [-0.2, -0.15) is 0 Å². The number of thiophene rings is 1. The maximum Gasteiger partial charge on any atom is 0.303 e.